The maximum absolute atomic E-state index is 7.72. The summed E-state index contributed by atoms with van der Waals surface area (Å²) in [6.45, 7) is 57.1. The first-order valence-corrected chi connectivity index (χ1v) is 42.5. The maximum atomic E-state index is 7.72. The van der Waals surface area contributed by atoms with Crippen molar-refractivity contribution in [3.8, 4) is 56.3 Å². The zero-order valence-electron chi connectivity index (χ0n) is 82.3. The number of hydrogen-bond acceptors (Lipinski definition) is 0. The van der Waals surface area contributed by atoms with Crippen molar-refractivity contribution in [2.45, 2.75) is 309 Å². The Kier molecular flexibility index (Phi) is 29.2. The highest BCUT2D eigenvalue weighted by Gasteiger charge is 2.39. The highest BCUT2D eigenvalue weighted by atomic mass is 14.9. The minimum atomic E-state index is -2.08. The van der Waals surface area contributed by atoms with Crippen LogP contribution in [0.1, 0.15) is 308 Å². The molecule has 0 saturated carbocycles. The lowest BCUT2D eigenvalue weighted by atomic mass is 9.68. The molecular weight excluding hydrogens is 1360 g/mol. The molecule has 0 aliphatic heterocycles. The second-order valence-electron chi connectivity index (χ2n) is 35.7. The number of benzene rings is 5. The van der Waals surface area contributed by atoms with Crippen LogP contribution < -0.4 is 22.8 Å². The van der Waals surface area contributed by atoms with Crippen LogP contribution in [0.5, 0.6) is 0 Å². The maximum Gasteiger partial charge on any atom is 0.212 e. The first-order chi connectivity index (χ1) is 55.0. The number of rotatable bonds is 23. The molecule has 0 N–H and O–H groups in total. The first-order valence-electron chi connectivity index (χ1n) is 45.5. The molecular formula is C107H154N5+5. The van der Waals surface area contributed by atoms with Crippen molar-refractivity contribution < 1.29 is 31.1 Å². The van der Waals surface area contributed by atoms with E-state index >= 15 is 0 Å². The Morgan fingerprint density at radius 3 is 0.741 bits per heavy atom. The van der Waals surface area contributed by atoms with E-state index < -0.39 is 13.7 Å². The molecule has 5 aromatic heterocycles. The molecule has 5 heterocycles. The Balaban J connectivity index is 0.000000231. The Labute approximate surface area is 694 Å². The van der Waals surface area contributed by atoms with E-state index in [-0.39, 0.29) is 37.9 Å². The summed E-state index contributed by atoms with van der Waals surface area (Å²) < 4.78 is 57.0. The van der Waals surface area contributed by atoms with Crippen LogP contribution in [0.4, 0.5) is 0 Å². The molecule has 112 heavy (non-hydrogen) atoms. The zero-order valence-corrected chi connectivity index (χ0v) is 76.3. The van der Waals surface area contributed by atoms with Crippen LogP contribution in [0.25, 0.3) is 56.3 Å². The third-order valence-corrected chi connectivity index (χ3v) is 27.3. The van der Waals surface area contributed by atoms with Crippen molar-refractivity contribution in [2.24, 2.45) is 35.2 Å². The molecule has 0 unspecified atom stereocenters. The van der Waals surface area contributed by atoms with Gasteiger partial charge < -0.3 is 0 Å². The number of pyridine rings is 5. The van der Waals surface area contributed by atoms with Crippen LogP contribution in [-0.2, 0) is 73.1 Å². The topological polar surface area (TPSA) is 19.4 Å². The Morgan fingerprint density at radius 1 is 0.241 bits per heavy atom. The zero-order chi connectivity index (χ0) is 88.8. The summed E-state index contributed by atoms with van der Waals surface area (Å²) in [5.41, 5.74) is 31.7. The van der Waals surface area contributed by atoms with Crippen molar-refractivity contribution >= 4 is 0 Å². The first kappa shape index (κ1) is 83.3. The molecule has 602 valence electrons. The summed E-state index contributed by atoms with van der Waals surface area (Å²) in [6, 6.07) is 53.1. The van der Waals surface area contributed by atoms with Gasteiger partial charge in [-0.3, -0.25) is 0 Å². The second-order valence-corrected chi connectivity index (χ2v) is 35.7. The van der Waals surface area contributed by atoms with Gasteiger partial charge in [-0.15, -0.1) is 0 Å². The van der Waals surface area contributed by atoms with Crippen LogP contribution >= 0.6 is 0 Å². The largest absolute Gasteiger partial charge is 0.212 e. The molecule has 0 amide bonds. The minimum Gasteiger partial charge on any atom is -0.201 e. The molecule has 10 aromatic rings. The molecule has 0 aliphatic rings. The lowest BCUT2D eigenvalue weighted by Gasteiger charge is -2.36. The van der Waals surface area contributed by atoms with Gasteiger partial charge >= 0.3 is 0 Å². The molecule has 5 nitrogen and oxygen atoms in total. The summed E-state index contributed by atoms with van der Waals surface area (Å²) in [5, 5.41) is 0. The van der Waals surface area contributed by atoms with Crippen molar-refractivity contribution in [3.63, 3.8) is 0 Å². The number of hydrogen-bond donors (Lipinski definition) is 0. The summed E-state index contributed by atoms with van der Waals surface area (Å²) in [6.07, 6.45) is 23.9. The van der Waals surface area contributed by atoms with E-state index in [1.165, 1.54) is 115 Å². The van der Waals surface area contributed by atoms with Crippen molar-refractivity contribution in [1.82, 2.24) is 0 Å². The number of aromatic nitrogens is 5. The molecule has 5 aromatic carbocycles. The molecule has 0 saturated heterocycles. The fourth-order valence-corrected chi connectivity index (χ4v) is 15.5. The van der Waals surface area contributed by atoms with Gasteiger partial charge in [-0.1, -0.05) is 235 Å². The molecule has 0 aliphatic carbocycles. The lowest BCUT2D eigenvalue weighted by molar-refractivity contribution is -0.661. The molecule has 0 atom stereocenters. The Bertz CT molecular complexity index is 5010. The normalized spacial score (nSPS) is 13.1. The van der Waals surface area contributed by atoms with Gasteiger partial charge in [-0.2, -0.15) is 0 Å². The average molecular weight is 1520 g/mol. The van der Waals surface area contributed by atoms with E-state index in [1.807, 2.05) is 39.1 Å². The van der Waals surface area contributed by atoms with E-state index in [1.54, 1.807) is 23.8 Å². The van der Waals surface area contributed by atoms with E-state index in [4.69, 9.17) is 8.22 Å². The fourth-order valence-electron chi connectivity index (χ4n) is 15.5. The fraction of sp³-hybridized carbons (Fsp3) is 0.486. The van der Waals surface area contributed by atoms with Gasteiger partial charge in [0.1, 0.15) is 35.2 Å². The van der Waals surface area contributed by atoms with Crippen LogP contribution in [0.15, 0.2) is 183 Å². The molecule has 0 radical (unpaired) electrons. The van der Waals surface area contributed by atoms with Crippen LogP contribution in [0.3, 0.4) is 0 Å². The van der Waals surface area contributed by atoms with E-state index in [9.17, 15) is 0 Å². The van der Waals surface area contributed by atoms with E-state index in [0.29, 0.717) is 11.1 Å². The van der Waals surface area contributed by atoms with Gasteiger partial charge in [0.25, 0.3) is 0 Å². The standard InChI is InChI=1S/C26H40N.C25H38N.2C19H26N.C18H24N/c1-10-25(7,11-2)22-17-24(21-15-14-19(5)16-20(21)6)27(9)18-23(22)26(8,12-3)13-4;1-9-24(6,10-2)21-17-23(20-16-14-13-15-19(20)5)26(8)18-22(21)25(7,11-3)12-4;2*1-7-19(4,5)16-9-11-18(20(6)13-16)17-10-8-14(2)12-15(17)3;1-6-18(3,4)15-11-12-17(19(5)13-15)16-10-8-7-9-14(16)2/h14-18H,10-13H2,1-9H3;13-18H,9-12H2,1-8H3;2*8-13H,7H2,1-6H3;7-13H,6H2,1-5H3/q5*+1/i5D3;;2D3;;. The number of aryl methyl sites for hydroxylation is 13. The van der Waals surface area contributed by atoms with Gasteiger partial charge in [0.05, 0.1) is 0 Å². The predicted molar refractivity (Wildman–Crippen MR) is 485 cm³/mol. The molecule has 0 spiro atoms. The van der Waals surface area contributed by atoms with Crippen LogP contribution in [0.2, 0.25) is 0 Å². The lowest BCUT2D eigenvalue weighted by Crippen LogP contribution is -2.38. The number of nitrogens with zero attached hydrogens (tertiary/aromatic N) is 5. The van der Waals surface area contributed by atoms with Crippen molar-refractivity contribution in [2.75, 3.05) is 0 Å². The van der Waals surface area contributed by atoms with E-state index in [2.05, 4.69) is 370 Å². The highest BCUT2D eigenvalue weighted by molar-refractivity contribution is 5.66. The van der Waals surface area contributed by atoms with Gasteiger partial charge in [0.15, 0.2) is 31.0 Å². The quantitative estimate of drug-likeness (QED) is 0.0569. The minimum absolute atomic E-state index is 0.108. The SMILES string of the molecule is CCC(C)(C)c1ccc(-c2ccc(C)cc2C)[n+](C)c1.CCC(C)(C)c1ccc(-c2ccccc2C)[n+](C)c1.CCC(C)(CC)c1cc(-c2ccccc2C)[n+](C)cc1C(C)(CC)CC.[2H]C([2H])([2H])c1ccc(-c2cc(C(C)(CC)CC)c(C(C)(CC)CC)c[n+]2C)c(C)c1.[2H]C([2H])([2H])c1ccc(-c2ccc(C(C)(C)CC)c[n+]2C)c(C)c1. The third kappa shape index (κ3) is 21.6. The molecule has 0 fully saturated rings. The van der Waals surface area contributed by atoms with Crippen molar-refractivity contribution in [3.05, 3.63) is 266 Å². The average Bonchev–Trinajstić information content (AvgIpc) is 0.755. The van der Waals surface area contributed by atoms with Crippen molar-refractivity contribution in [1.29, 1.82) is 0 Å². The molecule has 5 heteroatoms. The van der Waals surface area contributed by atoms with Gasteiger partial charge in [0.2, 0.25) is 28.5 Å². The monoisotopic (exact) mass is 1520 g/mol. The van der Waals surface area contributed by atoms with Crippen LogP contribution in [0, 0.1) is 55.2 Å². The summed E-state index contributed by atoms with van der Waals surface area (Å²) in [7, 11) is 10.6. The summed E-state index contributed by atoms with van der Waals surface area (Å²) in [5.74, 6) is 0. The Morgan fingerprint density at radius 2 is 0.482 bits per heavy atom. The van der Waals surface area contributed by atoms with Gasteiger partial charge in [-0.05, 0) is 251 Å². The van der Waals surface area contributed by atoms with Gasteiger partial charge in [-0.25, -0.2) is 22.8 Å². The van der Waals surface area contributed by atoms with E-state index in [0.717, 1.165) is 78.6 Å². The highest BCUT2D eigenvalue weighted by Crippen LogP contribution is 2.45. The van der Waals surface area contributed by atoms with Crippen LogP contribution in [-0.4, -0.2) is 0 Å². The summed E-state index contributed by atoms with van der Waals surface area (Å²) in [4.78, 5) is 0. The van der Waals surface area contributed by atoms with Gasteiger partial charge in [0, 0.05) is 94.2 Å². The predicted octanol–water partition coefficient (Wildman–Crippen LogP) is 26.7. The molecule has 10 rings (SSSR count). The smallest absolute Gasteiger partial charge is 0.201 e. The second kappa shape index (κ2) is 39.3. The third-order valence-electron chi connectivity index (χ3n) is 27.3. The molecule has 0 bridgehead atoms. The Hall–Kier alpha value is -8.15. The summed E-state index contributed by atoms with van der Waals surface area (Å²) >= 11 is 0.